The zero-order chi connectivity index (χ0) is 49.2. The second-order valence-corrected chi connectivity index (χ2v) is 18.7. The van der Waals surface area contributed by atoms with Gasteiger partial charge in [-0.05, 0) is 89.2 Å². The van der Waals surface area contributed by atoms with Gasteiger partial charge in [-0.1, -0.05) is 6.07 Å². The van der Waals surface area contributed by atoms with Gasteiger partial charge in [0, 0.05) is 74.8 Å². The van der Waals surface area contributed by atoms with E-state index in [2.05, 4.69) is 62.0 Å². The van der Waals surface area contributed by atoms with Crippen LogP contribution in [0.15, 0.2) is 49.1 Å². The summed E-state index contributed by atoms with van der Waals surface area (Å²) in [6.07, 6.45) is 3.89. The first-order chi connectivity index (χ1) is 33.1. The summed E-state index contributed by atoms with van der Waals surface area (Å²) in [6, 6.07) is 5.57. The molecule has 0 unspecified atom stereocenters. The zero-order valence-corrected chi connectivity index (χ0v) is 39.7. The maximum absolute atomic E-state index is 14.0. The van der Waals surface area contributed by atoms with Crippen molar-refractivity contribution in [2.75, 3.05) is 72.1 Å². The molecule has 2 saturated heterocycles. The van der Waals surface area contributed by atoms with Gasteiger partial charge in [0.05, 0.1) is 74.8 Å². The van der Waals surface area contributed by atoms with Crippen LogP contribution in [-0.4, -0.2) is 162 Å². The maximum atomic E-state index is 14.0. The van der Waals surface area contributed by atoms with Gasteiger partial charge in [-0.2, -0.15) is 13.2 Å². The Bertz CT molecular complexity index is 2250. The Hall–Kier alpha value is -5.51. The van der Waals surface area contributed by atoms with Gasteiger partial charge in [-0.15, -0.1) is 0 Å². The van der Waals surface area contributed by atoms with Gasteiger partial charge < -0.3 is 50.2 Å². The van der Waals surface area contributed by atoms with Crippen LogP contribution >= 0.6 is 0 Å². The fourth-order valence-corrected chi connectivity index (χ4v) is 9.88. The topological polar surface area (TPSA) is 210 Å². The molecule has 2 aliphatic heterocycles. The lowest BCUT2D eigenvalue weighted by atomic mass is 9.78. The van der Waals surface area contributed by atoms with E-state index in [-0.39, 0.29) is 109 Å². The van der Waals surface area contributed by atoms with Crippen LogP contribution in [0.25, 0.3) is 10.9 Å². The average molecular weight is 967 g/mol. The number of carbonyl (C=O) groups excluding carboxylic acids is 5. The highest BCUT2D eigenvalue weighted by atomic mass is 19.4. The molecule has 18 nitrogen and oxygen atoms in total. The zero-order valence-electron chi connectivity index (χ0n) is 39.7. The number of alkyl halides is 3. The molecule has 4 N–H and O–H groups in total. The molecule has 6 atom stereocenters. The van der Waals surface area contributed by atoms with E-state index in [9.17, 15) is 37.1 Å². The number of fused-ring (bicyclic) bond motifs is 1. The first-order valence-electron chi connectivity index (χ1n) is 24.0. The summed E-state index contributed by atoms with van der Waals surface area (Å²) in [5.74, 6) is -1.41. The Morgan fingerprint density at radius 1 is 0.913 bits per heavy atom. The van der Waals surface area contributed by atoms with Crippen molar-refractivity contribution in [3.63, 3.8) is 0 Å². The summed E-state index contributed by atoms with van der Waals surface area (Å²) in [5, 5.41) is 12.4. The molecule has 4 fully saturated rings. The molecule has 7 rings (SSSR count). The summed E-state index contributed by atoms with van der Waals surface area (Å²) in [5.41, 5.74) is 0.310. The monoisotopic (exact) mass is 966 g/mol. The number of rotatable bonds is 22. The van der Waals surface area contributed by atoms with Gasteiger partial charge in [0.1, 0.15) is 18.2 Å². The average Bonchev–Trinajstić information content (AvgIpc) is 3.83. The van der Waals surface area contributed by atoms with Crippen molar-refractivity contribution in [2.24, 2.45) is 11.8 Å². The van der Waals surface area contributed by atoms with E-state index in [1.54, 1.807) is 35.3 Å². The number of halogens is 3. The van der Waals surface area contributed by atoms with E-state index in [1.807, 2.05) is 6.07 Å². The number of ether oxygens (including phenoxy) is 3. The Labute approximate surface area is 400 Å². The van der Waals surface area contributed by atoms with Crippen molar-refractivity contribution in [2.45, 2.75) is 114 Å². The maximum Gasteiger partial charge on any atom is 0.416 e. The van der Waals surface area contributed by atoms with Crippen molar-refractivity contribution >= 4 is 46.3 Å². The van der Waals surface area contributed by atoms with Gasteiger partial charge in [0.25, 0.3) is 0 Å². The molecule has 69 heavy (non-hydrogen) atoms. The van der Waals surface area contributed by atoms with Gasteiger partial charge in [0.2, 0.25) is 29.5 Å². The molecule has 0 spiro atoms. The summed E-state index contributed by atoms with van der Waals surface area (Å²) in [6.45, 7) is 6.70. The van der Waals surface area contributed by atoms with Crippen LogP contribution < -0.4 is 21.3 Å². The number of hydrogen-bond donors (Lipinski definition) is 4. The molecule has 4 aliphatic rings. The molecule has 21 heteroatoms. The normalized spacial score (nSPS) is 25.1. The fourth-order valence-electron chi connectivity index (χ4n) is 9.88. The molecule has 376 valence electrons. The number of carbonyl (C=O) groups is 5. The predicted octanol–water partition coefficient (Wildman–Crippen LogP) is 3.47. The van der Waals surface area contributed by atoms with Gasteiger partial charge in [0.15, 0.2) is 0 Å². The highest BCUT2D eigenvalue weighted by molar-refractivity contribution is 5.93. The fraction of sp³-hybridized carbons (Fsp3) is 0.625. The molecule has 4 heterocycles. The number of nitrogens with zero attached hydrogens (tertiary/aromatic N) is 6. The lowest BCUT2D eigenvalue weighted by Crippen LogP contribution is -2.60. The second-order valence-electron chi connectivity index (χ2n) is 18.7. The van der Waals surface area contributed by atoms with Crippen LogP contribution in [0.3, 0.4) is 0 Å². The first-order valence-corrected chi connectivity index (χ1v) is 24.0. The minimum atomic E-state index is -4.55. The minimum absolute atomic E-state index is 0.0891. The van der Waals surface area contributed by atoms with E-state index < -0.39 is 23.7 Å². The smallest absolute Gasteiger partial charge is 0.379 e. The second kappa shape index (κ2) is 23.4. The molecular weight excluding hydrogens is 902 g/mol. The van der Waals surface area contributed by atoms with Crippen molar-refractivity contribution < 1.29 is 51.4 Å². The number of pyridine rings is 1. The van der Waals surface area contributed by atoms with Crippen molar-refractivity contribution in [3.8, 4) is 0 Å². The van der Waals surface area contributed by atoms with Crippen LogP contribution in [0.5, 0.6) is 0 Å². The third kappa shape index (κ3) is 13.0. The summed E-state index contributed by atoms with van der Waals surface area (Å²) in [4.78, 5) is 83.8. The molecule has 2 aromatic heterocycles. The van der Waals surface area contributed by atoms with E-state index in [1.165, 1.54) is 12.4 Å². The molecule has 5 amide bonds. The SMILES string of the molecule is CC(C)N(C)[C@@H]1CC[C@H](N2CC[C@H](Nc3ncnc4ccc(C(F)(F)F)cc34)C2=O)[C@H](NC(=O)C2CC(NC(=O)CCOCCOCCOCCNC(=O)[C@H]3CC(=O)N(C)[C@@H]3c3cccnc3)C2)C1. The quantitative estimate of drug-likeness (QED) is 0.107. The van der Waals surface area contributed by atoms with Crippen LogP contribution in [-0.2, 0) is 44.4 Å². The molecule has 1 aromatic carbocycles. The van der Waals surface area contributed by atoms with Gasteiger partial charge >= 0.3 is 6.18 Å². The first kappa shape index (κ1) is 51.3. The van der Waals surface area contributed by atoms with E-state index in [0.717, 1.165) is 24.1 Å². The van der Waals surface area contributed by atoms with Gasteiger partial charge in [-0.25, -0.2) is 9.97 Å². The van der Waals surface area contributed by atoms with E-state index in [4.69, 9.17) is 14.2 Å². The highest BCUT2D eigenvalue weighted by Gasteiger charge is 2.46. The molecule has 0 bridgehead atoms. The third-order valence-electron chi connectivity index (χ3n) is 14.0. The lowest BCUT2D eigenvalue weighted by molar-refractivity contribution is -0.137. The number of amides is 5. The van der Waals surface area contributed by atoms with Crippen LogP contribution in [0, 0.1) is 11.8 Å². The van der Waals surface area contributed by atoms with Gasteiger partial charge in [-0.3, -0.25) is 29.0 Å². The van der Waals surface area contributed by atoms with Crippen molar-refractivity contribution in [1.29, 1.82) is 0 Å². The number of hydrogen-bond acceptors (Lipinski definition) is 13. The largest absolute Gasteiger partial charge is 0.416 e. The van der Waals surface area contributed by atoms with Crippen LogP contribution in [0.1, 0.15) is 82.4 Å². The Kier molecular flexibility index (Phi) is 17.4. The summed E-state index contributed by atoms with van der Waals surface area (Å²) in [7, 11) is 3.76. The van der Waals surface area contributed by atoms with Crippen molar-refractivity contribution in [3.05, 3.63) is 60.2 Å². The Morgan fingerprint density at radius 2 is 1.65 bits per heavy atom. The highest BCUT2D eigenvalue weighted by Crippen LogP contribution is 2.38. The standard InChI is InChI=1S/C48H65F3N10O8/c1-29(2)59(3)34-8-10-40(61-15-11-38(47(61)66)57-44-35-24-32(48(49,50)51)7-9-37(35)54-28-55-44)39(25-34)58-45(64)31-22-33(23-31)56-41(62)12-16-67-18-20-69-21-19-68-17-14-53-46(65)36-26-42(63)60(4)43(36)30-6-5-13-52-27-30/h5-7,9,13,24,27-29,31,33-34,36,38-40,43H,8,10-12,14-23,25-26H2,1-4H3,(H,53,65)(H,56,62)(H,58,64)(H,54,55,57)/t31?,33?,34-,36+,38+,39-,40+,43-/m1/s1. The number of anilines is 1. The molecular formula is C48H65F3N10O8. The molecule has 2 saturated carbocycles. The number of nitrogens with one attached hydrogen (secondary N) is 4. The molecule has 3 aromatic rings. The third-order valence-corrected chi connectivity index (χ3v) is 14.0. The number of aromatic nitrogens is 3. The van der Waals surface area contributed by atoms with E-state index in [0.29, 0.717) is 77.1 Å². The molecule has 2 aliphatic carbocycles. The lowest BCUT2D eigenvalue weighted by Gasteiger charge is -2.45. The number of benzene rings is 1. The summed E-state index contributed by atoms with van der Waals surface area (Å²) >= 11 is 0. The Morgan fingerprint density at radius 3 is 2.36 bits per heavy atom. The van der Waals surface area contributed by atoms with E-state index >= 15 is 0 Å². The number of likely N-dealkylation sites (tertiary alicyclic amines) is 2. The minimum Gasteiger partial charge on any atom is -0.379 e. The predicted molar refractivity (Wildman–Crippen MR) is 247 cm³/mol. The van der Waals surface area contributed by atoms with Crippen LogP contribution in [0.4, 0.5) is 19.0 Å². The van der Waals surface area contributed by atoms with Crippen LogP contribution in [0.2, 0.25) is 0 Å². The Balaban J connectivity index is 0.772. The molecule has 0 radical (unpaired) electrons. The van der Waals surface area contributed by atoms with Crippen molar-refractivity contribution in [1.82, 2.24) is 45.6 Å². The summed E-state index contributed by atoms with van der Waals surface area (Å²) < 4.78 is 57.4.